The van der Waals surface area contributed by atoms with Gasteiger partial charge in [0.05, 0.1) is 5.71 Å². The second-order valence-corrected chi connectivity index (χ2v) is 2.85. The Balaban J connectivity index is 4.18. The summed E-state index contributed by atoms with van der Waals surface area (Å²) in [5.74, 6) is 0.338. The maximum absolute atomic E-state index is 6.98. The Bertz CT molecular complexity index is 159. The van der Waals surface area contributed by atoms with Gasteiger partial charge in [-0.2, -0.15) is 0 Å². The third-order valence-electron chi connectivity index (χ3n) is 1.02. The van der Waals surface area contributed by atoms with E-state index in [1.807, 2.05) is 17.9 Å². The Labute approximate surface area is 75.1 Å². The van der Waals surface area contributed by atoms with E-state index in [0.717, 1.165) is 5.71 Å². The van der Waals surface area contributed by atoms with E-state index in [-0.39, 0.29) is 0 Å². The second kappa shape index (κ2) is 5.58. The number of halogens is 1. The van der Waals surface area contributed by atoms with Crippen LogP contribution in [0.2, 0.25) is 0 Å². The average molecular weight is 250 g/mol. The molecule has 10 heavy (non-hydrogen) atoms. The first-order valence-electron chi connectivity index (χ1n) is 3.05. The van der Waals surface area contributed by atoms with Gasteiger partial charge in [-0.25, -0.2) is 0 Å². The van der Waals surface area contributed by atoms with Crippen LogP contribution in [0.3, 0.4) is 0 Å². The Hall–Kier alpha value is -0.190. The van der Waals surface area contributed by atoms with Crippen molar-refractivity contribution in [1.82, 2.24) is 0 Å². The molecule has 0 bridgehead atoms. The fraction of sp³-hybridized carbons (Fsp3) is 0.429. The Morgan fingerprint density at radius 3 is 2.50 bits per heavy atom. The molecule has 0 unspecified atom stereocenters. The molecular weight excluding hydrogens is 239 g/mol. The van der Waals surface area contributed by atoms with Gasteiger partial charge in [0.15, 0.2) is 0 Å². The molecule has 0 amide bonds. The van der Waals surface area contributed by atoms with Gasteiger partial charge in [-0.15, -0.1) is 0 Å². The van der Waals surface area contributed by atoms with Gasteiger partial charge in [0.25, 0.3) is 0 Å². The summed E-state index contributed by atoms with van der Waals surface area (Å²) >= 11 is 2.10. The van der Waals surface area contributed by atoms with Crippen LogP contribution < -0.4 is 0 Å². The molecule has 0 spiro atoms. The fourth-order valence-electron chi connectivity index (χ4n) is 0.467. The maximum Gasteiger partial charge on any atom is 0.0604 e. The quantitative estimate of drug-likeness (QED) is 0.590. The van der Waals surface area contributed by atoms with E-state index >= 15 is 0 Å². The standard InChI is InChI=1S/C7H11IN2/c1-6(2)7(5-9)10-4-3-8/h3-6,9H,1-2H3/b4-3-,9-5?,10-7+. The second-order valence-electron chi connectivity index (χ2n) is 2.13. The van der Waals surface area contributed by atoms with Crippen molar-refractivity contribution in [1.29, 1.82) is 5.41 Å². The predicted molar refractivity (Wildman–Crippen MR) is 54.2 cm³/mol. The first-order valence-corrected chi connectivity index (χ1v) is 4.30. The highest BCUT2D eigenvalue weighted by atomic mass is 127. The highest BCUT2D eigenvalue weighted by molar-refractivity contribution is 14.1. The summed E-state index contributed by atoms with van der Waals surface area (Å²) in [5, 5.41) is 6.98. The van der Waals surface area contributed by atoms with Gasteiger partial charge in [-0.1, -0.05) is 36.4 Å². The lowest BCUT2D eigenvalue weighted by Gasteiger charge is -1.99. The van der Waals surface area contributed by atoms with Crippen LogP contribution in [0, 0.1) is 11.3 Å². The lowest BCUT2D eigenvalue weighted by atomic mass is 10.1. The van der Waals surface area contributed by atoms with Gasteiger partial charge in [0.2, 0.25) is 0 Å². The minimum atomic E-state index is 0.338. The van der Waals surface area contributed by atoms with Gasteiger partial charge in [-0.3, -0.25) is 4.99 Å². The summed E-state index contributed by atoms with van der Waals surface area (Å²) in [6.45, 7) is 4.04. The zero-order valence-corrected chi connectivity index (χ0v) is 8.29. The molecule has 0 atom stereocenters. The van der Waals surface area contributed by atoms with E-state index in [1.165, 1.54) is 6.21 Å². The van der Waals surface area contributed by atoms with Crippen LogP contribution in [0.4, 0.5) is 0 Å². The predicted octanol–water partition coefficient (Wildman–Crippen LogP) is 2.64. The Morgan fingerprint density at radius 1 is 1.60 bits per heavy atom. The number of nitrogens with zero attached hydrogens (tertiary/aromatic N) is 1. The smallest absolute Gasteiger partial charge is 0.0604 e. The lowest BCUT2D eigenvalue weighted by molar-refractivity contribution is 0.895. The Morgan fingerprint density at radius 2 is 2.20 bits per heavy atom. The van der Waals surface area contributed by atoms with E-state index in [1.54, 1.807) is 6.20 Å². The molecule has 0 aromatic carbocycles. The maximum atomic E-state index is 6.98. The summed E-state index contributed by atoms with van der Waals surface area (Å²) in [6, 6.07) is 0. The van der Waals surface area contributed by atoms with E-state index < -0.39 is 0 Å². The third-order valence-corrected chi connectivity index (χ3v) is 1.34. The van der Waals surface area contributed by atoms with Gasteiger partial charge in [0.1, 0.15) is 0 Å². The monoisotopic (exact) mass is 250 g/mol. The van der Waals surface area contributed by atoms with E-state index in [0.29, 0.717) is 5.92 Å². The summed E-state index contributed by atoms with van der Waals surface area (Å²) in [5.41, 5.74) is 0.813. The highest BCUT2D eigenvalue weighted by Gasteiger charge is 1.97. The molecular formula is C7H11IN2. The van der Waals surface area contributed by atoms with Crippen LogP contribution in [0.5, 0.6) is 0 Å². The molecule has 0 fully saturated rings. The van der Waals surface area contributed by atoms with Crippen molar-refractivity contribution in [2.75, 3.05) is 0 Å². The summed E-state index contributed by atoms with van der Waals surface area (Å²) in [4.78, 5) is 4.05. The zero-order chi connectivity index (χ0) is 7.98. The summed E-state index contributed by atoms with van der Waals surface area (Å²) in [7, 11) is 0. The molecule has 0 radical (unpaired) electrons. The molecule has 3 heteroatoms. The molecule has 0 heterocycles. The van der Waals surface area contributed by atoms with Gasteiger partial charge < -0.3 is 5.41 Å². The number of rotatable bonds is 3. The topological polar surface area (TPSA) is 36.2 Å². The summed E-state index contributed by atoms with van der Waals surface area (Å²) < 4.78 is 1.82. The van der Waals surface area contributed by atoms with Crippen molar-refractivity contribution >= 4 is 34.5 Å². The van der Waals surface area contributed by atoms with E-state index in [9.17, 15) is 0 Å². The minimum Gasteiger partial charge on any atom is -0.307 e. The van der Waals surface area contributed by atoms with Crippen LogP contribution in [0.15, 0.2) is 15.3 Å². The number of hydrogen-bond donors (Lipinski definition) is 1. The first-order chi connectivity index (χ1) is 4.72. The molecule has 0 saturated heterocycles. The molecule has 0 aliphatic carbocycles. The SMILES string of the molecule is CC(C)/C(C=N)=N/C=C\I. The molecule has 0 aromatic heterocycles. The molecule has 0 rings (SSSR count). The Kier molecular flexibility index (Phi) is 5.48. The fourth-order valence-corrected chi connectivity index (χ4v) is 0.628. The molecule has 2 nitrogen and oxygen atoms in total. The number of aliphatic imine (C=N–C) groups is 1. The largest absolute Gasteiger partial charge is 0.307 e. The minimum absolute atomic E-state index is 0.338. The van der Waals surface area contributed by atoms with Crippen LogP contribution in [0.25, 0.3) is 0 Å². The number of hydrogen-bond acceptors (Lipinski definition) is 2. The van der Waals surface area contributed by atoms with E-state index in [2.05, 4.69) is 27.6 Å². The van der Waals surface area contributed by atoms with Crippen LogP contribution >= 0.6 is 22.6 Å². The van der Waals surface area contributed by atoms with E-state index in [4.69, 9.17) is 5.41 Å². The lowest BCUT2D eigenvalue weighted by Crippen LogP contribution is -2.07. The van der Waals surface area contributed by atoms with Gasteiger partial charge in [-0.05, 0) is 10.0 Å². The molecule has 0 saturated carbocycles. The molecule has 0 aromatic rings. The van der Waals surface area contributed by atoms with Gasteiger partial charge >= 0.3 is 0 Å². The molecule has 1 N–H and O–H groups in total. The number of nitrogens with one attached hydrogen (secondary N) is 1. The first kappa shape index (κ1) is 9.81. The van der Waals surface area contributed by atoms with Crippen molar-refractivity contribution in [2.24, 2.45) is 10.9 Å². The van der Waals surface area contributed by atoms with Crippen LogP contribution in [-0.2, 0) is 0 Å². The summed E-state index contributed by atoms with van der Waals surface area (Å²) in [6.07, 6.45) is 2.99. The molecule has 0 aliphatic rings. The highest BCUT2D eigenvalue weighted by Crippen LogP contribution is 1.96. The van der Waals surface area contributed by atoms with Crippen molar-refractivity contribution in [3.05, 3.63) is 10.3 Å². The zero-order valence-electron chi connectivity index (χ0n) is 6.13. The van der Waals surface area contributed by atoms with Crippen molar-refractivity contribution in [3.63, 3.8) is 0 Å². The molecule has 0 aliphatic heterocycles. The van der Waals surface area contributed by atoms with Crippen LogP contribution in [-0.4, -0.2) is 11.9 Å². The van der Waals surface area contributed by atoms with Gasteiger partial charge in [0, 0.05) is 12.4 Å². The third kappa shape index (κ3) is 3.76. The van der Waals surface area contributed by atoms with Crippen molar-refractivity contribution < 1.29 is 0 Å². The normalized spacial score (nSPS) is 13.0. The van der Waals surface area contributed by atoms with Crippen molar-refractivity contribution in [3.8, 4) is 0 Å². The van der Waals surface area contributed by atoms with Crippen molar-refractivity contribution in [2.45, 2.75) is 13.8 Å². The molecule has 56 valence electrons. The van der Waals surface area contributed by atoms with Crippen LogP contribution in [0.1, 0.15) is 13.8 Å². The average Bonchev–Trinajstić information content (AvgIpc) is 1.89.